The van der Waals surface area contributed by atoms with Gasteiger partial charge in [0.2, 0.25) is 0 Å². The van der Waals surface area contributed by atoms with Crippen LogP contribution in [0.3, 0.4) is 0 Å². The van der Waals surface area contributed by atoms with Crippen LogP contribution < -0.4 is 10.6 Å². The number of aromatic nitrogens is 4. The summed E-state index contributed by atoms with van der Waals surface area (Å²) in [5.41, 5.74) is 8.96. The summed E-state index contributed by atoms with van der Waals surface area (Å²) < 4.78 is 2.17. The van der Waals surface area contributed by atoms with Gasteiger partial charge in [-0.1, -0.05) is 6.92 Å². The Labute approximate surface area is 116 Å². The second-order valence-electron chi connectivity index (χ2n) is 5.49. The van der Waals surface area contributed by atoms with E-state index in [4.69, 9.17) is 5.73 Å². The first-order valence-corrected chi connectivity index (χ1v) is 7.09. The zero-order chi connectivity index (χ0) is 13.7. The zero-order valence-corrected chi connectivity index (χ0v) is 11.5. The van der Waals surface area contributed by atoms with Gasteiger partial charge in [0.1, 0.15) is 5.82 Å². The molecule has 20 heavy (non-hydrogen) atoms. The van der Waals surface area contributed by atoms with Gasteiger partial charge in [0.15, 0.2) is 11.3 Å². The van der Waals surface area contributed by atoms with Gasteiger partial charge in [-0.2, -0.15) is 0 Å². The van der Waals surface area contributed by atoms with Crippen molar-refractivity contribution in [2.45, 2.75) is 31.8 Å². The number of nitrogens with zero attached hydrogens (tertiary/aromatic N) is 4. The molecule has 3 N–H and O–H groups in total. The van der Waals surface area contributed by atoms with E-state index in [9.17, 15) is 0 Å². The molecule has 0 aliphatic carbocycles. The highest BCUT2D eigenvalue weighted by Gasteiger charge is 2.30. The molecule has 4 heterocycles. The molecule has 1 aliphatic rings. The molecule has 0 bridgehead atoms. The van der Waals surface area contributed by atoms with Gasteiger partial charge in [-0.15, -0.1) is 0 Å². The number of anilines is 1. The predicted octanol–water partition coefficient (Wildman–Crippen LogP) is 1.53. The van der Waals surface area contributed by atoms with E-state index in [0.29, 0.717) is 6.04 Å². The van der Waals surface area contributed by atoms with Gasteiger partial charge >= 0.3 is 0 Å². The van der Waals surface area contributed by atoms with Crippen molar-refractivity contribution in [3.05, 3.63) is 24.7 Å². The first kappa shape index (κ1) is 11.7. The van der Waals surface area contributed by atoms with E-state index < -0.39 is 0 Å². The van der Waals surface area contributed by atoms with Crippen molar-refractivity contribution in [2.24, 2.45) is 5.73 Å². The summed E-state index contributed by atoms with van der Waals surface area (Å²) in [5.74, 6) is 1.12. The van der Waals surface area contributed by atoms with Crippen LogP contribution in [-0.2, 0) is 0 Å². The molecular formula is C14H18N6. The summed E-state index contributed by atoms with van der Waals surface area (Å²) in [5, 5.41) is 0. The third-order valence-corrected chi connectivity index (χ3v) is 4.24. The van der Waals surface area contributed by atoms with Crippen LogP contribution in [0.4, 0.5) is 5.82 Å². The molecule has 104 valence electrons. The molecule has 6 heteroatoms. The van der Waals surface area contributed by atoms with Gasteiger partial charge in [0.05, 0.1) is 17.9 Å². The number of nitrogens with two attached hydrogens (primary N) is 1. The minimum Gasteiger partial charge on any atom is -0.352 e. The third kappa shape index (κ3) is 1.54. The smallest absolute Gasteiger partial charge is 0.157 e. The molecule has 0 spiro atoms. The van der Waals surface area contributed by atoms with Crippen molar-refractivity contribution in [2.75, 3.05) is 11.4 Å². The molecule has 0 amide bonds. The van der Waals surface area contributed by atoms with Crippen molar-refractivity contribution >= 4 is 22.6 Å². The van der Waals surface area contributed by atoms with Gasteiger partial charge in [-0.25, -0.2) is 9.97 Å². The zero-order valence-electron chi connectivity index (χ0n) is 11.5. The Morgan fingerprint density at radius 3 is 3.15 bits per heavy atom. The van der Waals surface area contributed by atoms with Crippen molar-refractivity contribution in [1.29, 1.82) is 0 Å². The molecule has 3 aromatic heterocycles. The highest BCUT2D eigenvalue weighted by Crippen LogP contribution is 2.29. The SMILES string of the molecule is CCC1CC(N)CN1c1cnc2cnc3[nH]ccc3n12. The van der Waals surface area contributed by atoms with Crippen LogP contribution in [0.1, 0.15) is 19.8 Å². The maximum absolute atomic E-state index is 6.14. The summed E-state index contributed by atoms with van der Waals surface area (Å²) in [7, 11) is 0. The predicted molar refractivity (Wildman–Crippen MR) is 78.9 cm³/mol. The molecule has 0 radical (unpaired) electrons. The van der Waals surface area contributed by atoms with E-state index in [1.54, 1.807) is 6.20 Å². The van der Waals surface area contributed by atoms with E-state index in [-0.39, 0.29) is 6.04 Å². The lowest BCUT2D eigenvalue weighted by molar-refractivity contribution is 0.621. The molecule has 2 unspecified atom stereocenters. The quantitative estimate of drug-likeness (QED) is 0.740. The second-order valence-corrected chi connectivity index (χ2v) is 5.49. The molecule has 3 aromatic rings. The van der Waals surface area contributed by atoms with Gasteiger partial charge in [0.25, 0.3) is 0 Å². The molecule has 1 aliphatic heterocycles. The van der Waals surface area contributed by atoms with E-state index in [2.05, 4.69) is 31.2 Å². The molecule has 4 rings (SSSR count). The monoisotopic (exact) mass is 270 g/mol. The fraction of sp³-hybridized carbons (Fsp3) is 0.429. The van der Waals surface area contributed by atoms with Gasteiger partial charge < -0.3 is 15.6 Å². The number of hydrogen-bond donors (Lipinski definition) is 2. The van der Waals surface area contributed by atoms with Crippen LogP contribution in [0.15, 0.2) is 24.7 Å². The Balaban J connectivity index is 1.93. The summed E-state index contributed by atoms with van der Waals surface area (Å²) in [4.78, 5) is 14.4. The number of aromatic amines is 1. The van der Waals surface area contributed by atoms with Crippen LogP contribution in [0.25, 0.3) is 16.8 Å². The average molecular weight is 270 g/mol. The molecule has 1 saturated heterocycles. The number of hydrogen-bond acceptors (Lipinski definition) is 4. The van der Waals surface area contributed by atoms with E-state index in [0.717, 1.165) is 42.0 Å². The van der Waals surface area contributed by atoms with Crippen molar-refractivity contribution in [3.8, 4) is 0 Å². The van der Waals surface area contributed by atoms with Crippen LogP contribution in [-0.4, -0.2) is 38.0 Å². The molecule has 0 saturated carbocycles. The standard InChI is InChI=1S/C14H18N6/c1-2-10-5-9(15)8-19(10)13-7-17-12-6-18-14-11(20(12)13)3-4-16-14/h3-4,6-7,9-10,16H,2,5,8,15H2,1H3. The van der Waals surface area contributed by atoms with E-state index in [1.165, 1.54) is 0 Å². The Morgan fingerprint density at radius 2 is 2.30 bits per heavy atom. The molecule has 1 fully saturated rings. The Hall–Kier alpha value is -2.08. The minimum absolute atomic E-state index is 0.244. The molecule has 6 nitrogen and oxygen atoms in total. The number of fused-ring (bicyclic) bond motifs is 3. The second kappa shape index (κ2) is 4.21. The lowest BCUT2D eigenvalue weighted by atomic mass is 10.1. The topological polar surface area (TPSA) is 75.2 Å². The van der Waals surface area contributed by atoms with Crippen LogP contribution in [0.2, 0.25) is 0 Å². The van der Waals surface area contributed by atoms with Gasteiger partial charge in [0, 0.05) is 24.8 Å². The number of imidazole rings is 1. The highest BCUT2D eigenvalue weighted by molar-refractivity contribution is 5.77. The lowest BCUT2D eigenvalue weighted by Crippen LogP contribution is -2.31. The van der Waals surface area contributed by atoms with Crippen molar-refractivity contribution < 1.29 is 0 Å². The van der Waals surface area contributed by atoms with Crippen LogP contribution >= 0.6 is 0 Å². The lowest BCUT2D eigenvalue weighted by Gasteiger charge is -2.24. The normalized spacial score (nSPS) is 23.2. The van der Waals surface area contributed by atoms with Crippen LogP contribution in [0, 0.1) is 0 Å². The molecule has 2 atom stereocenters. The largest absolute Gasteiger partial charge is 0.352 e. The first-order valence-electron chi connectivity index (χ1n) is 7.09. The fourth-order valence-electron chi connectivity index (χ4n) is 3.28. The first-order chi connectivity index (χ1) is 9.78. The molecular weight excluding hydrogens is 252 g/mol. The van der Waals surface area contributed by atoms with Crippen LogP contribution in [0.5, 0.6) is 0 Å². The third-order valence-electron chi connectivity index (χ3n) is 4.24. The summed E-state index contributed by atoms with van der Waals surface area (Å²) in [6, 6.07) is 2.78. The number of H-pyrrole nitrogens is 1. The average Bonchev–Trinajstić information content (AvgIpc) is 3.13. The maximum atomic E-state index is 6.14. The van der Waals surface area contributed by atoms with E-state index in [1.807, 2.05) is 18.5 Å². The Kier molecular flexibility index (Phi) is 2.47. The minimum atomic E-state index is 0.244. The Morgan fingerprint density at radius 1 is 1.40 bits per heavy atom. The van der Waals surface area contributed by atoms with Crippen molar-refractivity contribution in [1.82, 2.24) is 19.4 Å². The summed E-state index contributed by atoms with van der Waals surface area (Å²) in [6.07, 6.45) is 7.80. The maximum Gasteiger partial charge on any atom is 0.157 e. The van der Waals surface area contributed by atoms with Gasteiger partial charge in [-0.3, -0.25) is 4.40 Å². The fourth-order valence-corrected chi connectivity index (χ4v) is 3.28. The summed E-state index contributed by atoms with van der Waals surface area (Å²) >= 11 is 0. The molecule has 0 aromatic carbocycles. The number of rotatable bonds is 2. The Bertz CT molecular complexity index is 757. The van der Waals surface area contributed by atoms with E-state index >= 15 is 0 Å². The van der Waals surface area contributed by atoms with Gasteiger partial charge in [-0.05, 0) is 18.9 Å². The van der Waals surface area contributed by atoms with Crippen molar-refractivity contribution in [3.63, 3.8) is 0 Å². The highest BCUT2D eigenvalue weighted by atomic mass is 15.3. The number of nitrogens with one attached hydrogen (secondary N) is 1. The summed E-state index contributed by atoms with van der Waals surface area (Å²) in [6.45, 7) is 3.10.